The fourth-order valence-corrected chi connectivity index (χ4v) is 3.88. The molecule has 2 aromatic rings. The minimum atomic E-state index is -4.81. The van der Waals surface area contributed by atoms with E-state index in [9.17, 15) is 27.6 Å². The van der Waals surface area contributed by atoms with Gasteiger partial charge in [-0.1, -0.05) is 18.2 Å². The predicted molar refractivity (Wildman–Crippen MR) is 137 cm³/mol. The van der Waals surface area contributed by atoms with Crippen LogP contribution in [0, 0.1) is 5.92 Å². The van der Waals surface area contributed by atoms with E-state index < -0.39 is 18.3 Å². The molecule has 4 N–H and O–H groups in total. The molecule has 38 heavy (non-hydrogen) atoms. The number of ether oxygens (including phenoxy) is 1. The van der Waals surface area contributed by atoms with Crippen molar-refractivity contribution in [3.63, 3.8) is 0 Å². The lowest BCUT2D eigenvalue weighted by Gasteiger charge is -2.28. The highest BCUT2D eigenvalue weighted by molar-refractivity contribution is 7.80. The molecule has 1 heterocycles. The normalized spacial score (nSPS) is 14.3. The number of likely N-dealkylation sites (tertiary alicyclic amines) is 1. The first kappa shape index (κ1) is 30.3. The van der Waals surface area contributed by atoms with Crippen LogP contribution in [-0.4, -0.2) is 64.4 Å². The van der Waals surface area contributed by atoms with Gasteiger partial charge < -0.3 is 25.6 Å². The van der Waals surface area contributed by atoms with Gasteiger partial charge >= 0.3 is 18.3 Å². The Morgan fingerprint density at radius 1 is 1.03 bits per heavy atom. The number of thiocarbonyl (C=S) groups is 1. The summed E-state index contributed by atoms with van der Waals surface area (Å²) in [6.45, 7) is 1.72. The van der Waals surface area contributed by atoms with E-state index in [2.05, 4.69) is 9.64 Å². The number of halogens is 3. The van der Waals surface area contributed by atoms with Gasteiger partial charge in [-0.2, -0.15) is 0 Å². The summed E-state index contributed by atoms with van der Waals surface area (Å²) in [5.41, 5.74) is 7.18. The molecule has 13 heteroatoms. The summed E-state index contributed by atoms with van der Waals surface area (Å²) in [7, 11) is 2.03. The van der Waals surface area contributed by atoms with E-state index in [0.29, 0.717) is 29.1 Å². The molecule has 1 aliphatic rings. The smallest absolute Gasteiger partial charge is 0.478 e. The van der Waals surface area contributed by atoms with Gasteiger partial charge in [0.15, 0.2) is 10.9 Å². The second kappa shape index (κ2) is 13.5. The van der Waals surface area contributed by atoms with Crippen LogP contribution in [0.1, 0.15) is 23.2 Å². The lowest BCUT2D eigenvalue weighted by Crippen LogP contribution is -2.34. The van der Waals surface area contributed by atoms with E-state index in [-0.39, 0.29) is 22.6 Å². The van der Waals surface area contributed by atoms with Crippen LogP contribution in [0.3, 0.4) is 0 Å². The molecule has 1 fully saturated rings. The average molecular weight is 554 g/mol. The van der Waals surface area contributed by atoms with Gasteiger partial charge in [-0.05, 0) is 69.5 Å². The van der Waals surface area contributed by atoms with Crippen molar-refractivity contribution in [3.8, 4) is 5.75 Å². The first-order chi connectivity index (χ1) is 17.8. The maximum Gasteiger partial charge on any atom is 0.573 e. The third-order valence-electron chi connectivity index (χ3n) is 5.38. The third-order valence-corrected chi connectivity index (χ3v) is 5.56. The molecule has 0 saturated carbocycles. The summed E-state index contributed by atoms with van der Waals surface area (Å²) < 4.78 is 41.7. The highest BCUT2D eigenvalue weighted by Gasteiger charge is 2.31. The number of nitrogens with two attached hydrogens (primary N) is 1. The van der Waals surface area contributed by atoms with Gasteiger partial charge in [0.1, 0.15) is 5.75 Å². The summed E-state index contributed by atoms with van der Waals surface area (Å²) in [6, 6.07) is 12.2. The third kappa shape index (κ3) is 9.82. The minimum Gasteiger partial charge on any atom is -0.478 e. The van der Waals surface area contributed by atoms with Gasteiger partial charge in [0.05, 0.1) is 5.69 Å². The van der Waals surface area contributed by atoms with Crippen molar-refractivity contribution < 1.29 is 42.5 Å². The lowest BCUT2D eigenvalue weighted by atomic mass is 9.89. The Labute approximate surface area is 221 Å². The van der Waals surface area contributed by atoms with E-state index in [0.717, 1.165) is 25.9 Å². The summed E-state index contributed by atoms with van der Waals surface area (Å²) in [4.78, 5) is 35.7. The summed E-state index contributed by atoms with van der Waals surface area (Å²) in [5, 5.41) is 15.6. The fourth-order valence-electron chi connectivity index (χ4n) is 3.67. The van der Waals surface area contributed by atoms with Crippen LogP contribution in [0.25, 0.3) is 0 Å². The number of aliphatic carboxylic acids is 2. The quantitative estimate of drug-likeness (QED) is 0.260. The number of Topliss-reactive ketones (excluding diaryl/α,β-unsaturated/α-hetero) is 1. The number of ketones is 1. The van der Waals surface area contributed by atoms with Crippen LogP contribution in [0.2, 0.25) is 0 Å². The Morgan fingerprint density at radius 2 is 1.55 bits per heavy atom. The summed E-state index contributed by atoms with van der Waals surface area (Å²) >= 11 is 5.13. The Balaban J connectivity index is 0.000000550. The van der Waals surface area contributed by atoms with E-state index in [1.165, 1.54) is 23.1 Å². The largest absolute Gasteiger partial charge is 0.573 e. The molecular weight excluding hydrogens is 527 g/mol. The van der Waals surface area contributed by atoms with E-state index >= 15 is 0 Å². The number of carbonyl (C=O) groups is 3. The van der Waals surface area contributed by atoms with Crippen molar-refractivity contribution in [1.29, 1.82) is 0 Å². The number of carboxylic acids is 2. The highest BCUT2D eigenvalue weighted by Crippen LogP contribution is 2.32. The van der Waals surface area contributed by atoms with Crippen molar-refractivity contribution >= 4 is 46.4 Å². The second-order valence-electron chi connectivity index (χ2n) is 8.22. The number of hydrogen-bond acceptors (Lipinski definition) is 6. The van der Waals surface area contributed by atoms with Crippen molar-refractivity contribution in [2.45, 2.75) is 19.2 Å². The van der Waals surface area contributed by atoms with Crippen LogP contribution in [0.15, 0.2) is 60.7 Å². The number of alkyl halides is 3. The first-order valence-corrected chi connectivity index (χ1v) is 11.6. The monoisotopic (exact) mass is 553 g/mol. The molecule has 0 bridgehead atoms. The van der Waals surface area contributed by atoms with Gasteiger partial charge in [0, 0.05) is 35.4 Å². The summed E-state index contributed by atoms with van der Waals surface area (Å²) in [5.74, 6) is -2.92. The van der Waals surface area contributed by atoms with Crippen molar-refractivity contribution in [1.82, 2.24) is 4.90 Å². The Kier molecular flexibility index (Phi) is 10.8. The van der Waals surface area contributed by atoms with E-state index in [1.54, 1.807) is 30.3 Å². The number of carbonyl (C=O) groups excluding carboxylic acids is 1. The maximum atomic E-state index is 13.0. The van der Waals surface area contributed by atoms with Crippen LogP contribution in [0.5, 0.6) is 5.75 Å². The first-order valence-electron chi connectivity index (χ1n) is 11.2. The molecule has 3 rings (SSSR count). The molecule has 9 nitrogen and oxygen atoms in total. The van der Waals surface area contributed by atoms with E-state index in [1.807, 2.05) is 7.05 Å². The second-order valence-corrected chi connectivity index (χ2v) is 8.64. The van der Waals surface area contributed by atoms with Crippen LogP contribution in [0.4, 0.5) is 24.5 Å². The van der Waals surface area contributed by atoms with Gasteiger partial charge in [-0.3, -0.25) is 9.69 Å². The molecule has 0 radical (unpaired) electrons. The van der Waals surface area contributed by atoms with Crippen LogP contribution in [-0.2, 0) is 9.59 Å². The highest BCUT2D eigenvalue weighted by atomic mass is 32.1. The molecule has 0 amide bonds. The van der Waals surface area contributed by atoms with Crippen molar-refractivity contribution in [2.75, 3.05) is 25.0 Å². The van der Waals surface area contributed by atoms with Crippen LogP contribution < -0.4 is 15.4 Å². The topological polar surface area (TPSA) is 133 Å². The maximum absolute atomic E-state index is 13.0. The zero-order valence-electron chi connectivity index (χ0n) is 20.2. The summed E-state index contributed by atoms with van der Waals surface area (Å²) in [6.07, 6.45) is -2.12. The Morgan fingerprint density at radius 3 is 2.05 bits per heavy atom. The molecular formula is C25H26F3N3O6S. The number of piperidine rings is 1. The Bertz CT molecular complexity index is 1180. The molecule has 2 aromatic carbocycles. The Hall–Kier alpha value is -3.97. The number of anilines is 2. The zero-order valence-corrected chi connectivity index (χ0v) is 21.0. The minimum absolute atomic E-state index is 0.0435. The molecule has 0 unspecified atom stereocenters. The fraction of sp³-hybridized carbons (Fsp3) is 0.280. The molecule has 1 saturated heterocycles. The average Bonchev–Trinajstić information content (AvgIpc) is 2.82. The molecule has 204 valence electrons. The number of rotatable bonds is 7. The van der Waals surface area contributed by atoms with Crippen LogP contribution >= 0.6 is 12.2 Å². The SMILES string of the molecule is CN1CCC(C(=O)c2cccc(N(C(N)=S)c3cccc(OC(F)(F)F)c3)c2)CC1.O=C(O)/C=C/C(=O)O. The number of hydrogen-bond donors (Lipinski definition) is 3. The number of benzene rings is 2. The molecule has 0 atom stereocenters. The van der Waals surface area contributed by atoms with Gasteiger partial charge in [-0.25, -0.2) is 9.59 Å². The van der Waals surface area contributed by atoms with Crippen molar-refractivity contribution in [2.24, 2.45) is 11.7 Å². The number of nitrogens with zero attached hydrogens (tertiary/aromatic N) is 2. The van der Waals surface area contributed by atoms with Gasteiger partial charge in [0.25, 0.3) is 0 Å². The van der Waals surface area contributed by atoms with Gasteiger partial charge in [0.2, 0.25) is 0 Å². The standard InChI is InChI=1S/C21H22F3N3O2S.C4H4O4/c1-26-10-8-14(9-11-26)19(28)15-4-2-5-16(12-15)27(20(25)30)17-6-3-7-18(13-17)29-21(22,23)24;5-3(6)1-2-4(7)8/h2-7,12-14H,8-11H2,1H3,(H2,25,30);1-2H,(H,5,6)(H,7,8)/b;2-1+. The number of carboxylic acid groups (broad SMARTS) is 2. The molecule has 0 aliphatic carbocycles. The van der Waals surface area contributed by atoms with E-state index in [4.69, 9.17) is 28.2 Å². The van der Waals surface area contributed by atoms with Gasteiger partial charge in [-0.15, -0.1) is 13.2 Å². The molecule has 0 spiro atoms. The molecule has 0 aromatic heterocycles. The zero-order chi connectivity index (χ0) is 28.5. The van der Waals surface area contributed by atoms with Crippen molar-refractivity contribution in [3.05, 3.63) is 66.2 Å². The molecule has 1 aliphatic heterocycles. The lowest BCUT2D eigenvalue weighted by molar-refractivity contribution is -0.274. The predicted octanol–water partition coefficient (Wildman–Crippen LogP) is 4.20.